The van der Waals surface area contributed by atoms with Crippen molar-refractivity contribution in [2.45, 2.75) is 48.6 Å². The number of aryl methyl sites for hydroxylation is 1. The molecule has 0 amide bonds. The third-order valence-corrected chi connectivity index (χ3v) is 9.56. The number of non-ortho nitro benzene ring substituents is 1. The van der Waals surface area contributed by atoms with Gasteiger partial charge in [-0.3, -0.25) is 10.1 Å². The number of nitro groups is 1. The summed E-state index contributed by atoms with van der Waals surface area (Å²) >= 11 is 0. The molecule has 2 N–H and O–H groups in total. The average Bonchev–Trinajstić information content (AvgIpc) is 3.27. The van der Waals surface area contributed by atoms with Crippen LogP contribution in [0.5, 0.6) is 0 Å². The molecule has 0 saturated carbocycles. The summed E-state index contributed by atoms with van der Waals surface area (Å²) in [6.45, 7) is 8.74. The number of hydrogen-bond donors (Lipinski definition) is 2. The van der Waals surface area contributed by atoms with Crippen LogP contribution >= 0.6 is 0 Å². The number of aromatic nitrogens is 1. The molecule has 3 aromatic carbocycles. The quantitative estimate of drug-likeness (QED) is 0.199. The maximum atomic E-state index is 13.6. The number of nitrogens with one attached hydrogen (secondary N) is 1. The molecule has 0 spiro atoms. The highest BCUT2D eigenvalue weighted by Crippen LogP contribution is 2.36. The molecule has 0 aliphatic heterocycles. The Morgan fingerprint density at radius 1 is 1.02 bits per heavy atom. The van der Waals surface area contributed by atoms with E-state index in [9.17, 15) is 32.1 Å². The van der Waals surface area contributed by atoms with E-state index in [4.69, 9.17) is 0 Å². The van der Waals surface area contributed by atoms with Crippen molar-refractivity contribution in [3.8, 4) is 0 Å². The predicted octanol–water partition coefficient (Wildman–Crippen LogP) is 4.92. The molecule has 1 aromatic heterocycles. The van der Waals surface area contributed by atoms with E-state index < -0.39 is 36.6 Å². The zero-order chi connectivity index (χ0) is 29.5. The minimum Gasteiger partial charge on any atom is -0.390 e. The van der Waals surface area contributed by atoms with Crippen molar-refractivity contribution in [3.63, 3.8) is 0 Å². The van der Waals surface area contributed by atoms with Crippen LogP contribution in [-0.4, -0.2) is 36.4 Å². The molecular weight excluding hydrogens is 554 g/mol. The molecule has 0 aliphatic carbocycles. The minimum atomic E-state index is -4.21. The second kappa shape index (κ2) is 10.6. The van der Waals surface area contributed by atoms with E-state index in [-0.39, 0.29) is 21.9 Å². The Morgan fingerprint density at radius 2 is 1.62 bits per heavy atom. The number of nitro benzene ring substituents is 1. The molecule has 0 fully saturated rings. The second-order valence-corrected chi connectivity index (χ2v) is 13.6. The highest BCUT2D eigenvalue weighted by Gasteiger charge is 2.30. The zero-order valence-electron chi connectivity index (χ0n) is 22.1. The number of rotatable bonds is 10. The third-order valence-electron chi connectivity index (χ3n) is 6.39. The molecule has 210 valence electrons. The molecule has 0 bridgehead atoms. The van der Waals surface area contributed by atoms with Crippen LogP contribution in [0, 0.1) is 17.0 Å². The lowest BCUT2D eigenvalue weighted by Crippen LogP contribution is -2.34. The molecule has 10 nitrogen and oxygen atoms in total. The first-order valence-electron chi connectivity index (χ1n) is 12.2. The average molecular weight is 584 g/mol. The highest BCUT2D eigenvalue weighted by atomic mass is 32.2. The molecule has 0 aliphatic rings. The minimum absolute atomic E-state index is 0.0647. The van der Waals surface area contributed by atoms with Crippen molar-refractivity contribution in [1.29, 1.82) is 0 Å². The zero-order valence-corrected chi connectivity index (χ0v) is 23.7. The van der Waals surface area contributed by atoms with Crippen LogP contribution in [0.1, 0.15) is 43.0 Å². The molecule has 1 heterocycles. The van der Waals surface area contributed by atoms with Gasteiger partial charge in [0.15, 0.2) is 0 Å². The number of aliphatic hydroxyl groups is 1. The molecule has 0 radical (unpaired) electrons. The van der Waals surface area contributed by atoms with Gasteiger partial charge in [0.25, 0.3) is 15.7 Å². The van der Waals surface area contributed by atoms with Crippen LogP contribution in [-0.2, 0) is 20.0 Å². The van der Waals surface area contributed by atoms with Crippen LogP contribution in [0.25, 0.3) is 17.0 Å². The number of hydrogen-bond acceptors (Lipinski definition) is 7. The van der Waals surface area contributed by atoms with Crippen molar-refractivity contribution >= 4 is 42.7 Å². The van der Waals surface area contributed by atoms with Gasteiger partial charge in [0.2, 0.25) is 10.0 Å². The summed E-state index contributed by atoms with van der Waals surface area (Å²) < 4.78 is 57.7. The van der Waals surface area contributed by atoms with E-state index in [0.717, 1.165) is 33.8 Å². The fourth-order valence-corrected chi connectivity index (χ4v) is 7.09. The molecule has 40 heavy (non-hydrogen) atoms. The predicted molar refractivity (Wildman–Crippen MR) is 153 cm³/mol. The Morgan fingerprint density at radius 3 is 2.17 bits per heavy atom. The van der Waals surface area contributed by atoms with Crippen molar-refractivity contribution in [1.82, 2.24) is 8.69 Å². The number of sulfonamides is 1. The van der Waals surface area contributed by atoms with E-state index in [1.54, 1.807) is 30.3 Å². The summed E-state index contributed by atoms with van der Waals surface area (Å²) in [5, 5.41) is 22.1. The lowest BCUT2D eigenvalue weighted by atomic mass is 9.91. The molecule has 4 rings (SSSR count). The molecule has 4 aromatic rings. The van der Waals surface area contributed by atoms with Gasteiger partial charge in [-0.2, -0.15) is 0 Å². The van der Waals surface area contributed by atoms with Crippen LogP contribution < -0.4 is 4.72 Å². The Hall–Kier alpha value is -3.84. The van der Waals surface area contributed by atoms with Crippen molar-refractivity contribution < 1.29 is 26.9 Å². The first kappa shape index (κ1) is 29.2. The number of benzene rings is 3. The number of fused-ring (bicyclic) bond motifs is 1. The number of nitrogens with zero attached hydrogens (tertiary/aromatic N) is 2. The van der Waals surface area contributed by atoms with E-state index in [2.05, 4.69) is 11.3 Å². The SMILES string of the molecule is C=Cc1cn(S(=O)(=O)c2ccc(C)cc2)c2cccc([C@@H](CC(C)(C)O)NS(=O)(=O)c3ccc([N+](=O)[O-])cc3)c12. The third kappa shape index (κ3) is 5.85. The maximum Gasteiger partial charge on any atom is 0.269 e. The second-order valence-electron chi connectivity index (χ2n) is 10.1. The topological polar surface area (TPSA) is 149 Å². The Labute approximate surface area is 232 Å². The van der Waals surface area contributed by atoms with E-state index in [1.807, 2.05) is 6.92 Å². The van der Waals surface area contributed by atoms with Crippen LogP contribution in [0.4, 0.5) is 5.69 Å². The summed E-state index contributed by atoms with van der Waals surface area (Å²) in [6.07, 6.45) is 2.85. The lowest BCUT2D eigenvalue weighted by Gasteiger charge is -2.27. The smallest absolute Gasteiger partial charge is 0.269 e. The molecule has 1 atom stereocenters. The highest BCUT2D eigenvalue weighted by molar-refractivity contribution is 7.90. The first-order chi connectivity index (χ1) is 18.6. The van der Waals surface area contributed by atoms with Gasteiger partial charge in [0.1, 0.15) is 0 Å². The van der Waals surface area contributed by atoms with Gasteiger partial charge < -0.3 is 5.11 Å². The van der Waals surface area contributed by atoms with Crippen molar-refractivity contribution in [3.05, 3.63) is 106 Å². The molecular formula is C28H29N3O7S2. The summed E-state index contributed by atoms with van der Waals surface area (Å²) in [5.41, 5.74) is 0.511. The Kier molecular flexibility index (Phi) is 7.74. The molecule has 0 unspecified atom stereocenters. The largest absolute Gasteiger partial charge is 0.390 e. The summed E-state index contributed by atoms with van der Waals surface area (Å²) in [5.74, 6) is 0. The van der Waals surface area contributed by atoms with Crippen LogP contribution in [0.3, 0.4) is 0 Å². The standard InChI is InChI=1S/C28H29N3O7S2/c1-5-20-18-30(40(37,38)23-13-9-19(2)10-14-23)26-8-6-7-24(27(20)26)25(17-28(3,4)32)29-39(35,36)22-15-11-21(12-16-22)31(33)34/h5-16,18,25,29,32H,1,17H2,2-4H3/t25-/m1/s1. The van der Waals surface area contributed by atoms with Crippen molar-refractivity contribution in [2.24, 2.45) is 0 Å². The van der Waals surface area contributed by atoms with E-state index in [1.165, 1.54) is 38.3 Å². The maximum absolute atomic E-state index is 13.6. The first-order valence-corrected chi connectivity index (χ1v) is 15.1. The summed E-state index contributed by atoms with van der Waals surface area (Å²) in [7, 11) is -8.23. The Balaban J connectivity index is 1.87. The van der Waals surface area contributed by atoms with Crippen molar-refractivity contribution in [2.75, 3.05) is 0 Å². The summed E-state index contributed by atoms with van der Waals surface area (Å²) in [4.78, 5) is 10.3. The molecule has 12 heteroatoms. The van der Waals surface area contributed by atoms with Gasteiger partial charge >= 0.3 is 0 Å². The lowest BCUT2D eigenvalue weighted by molar-refractivity contribution is -0.384. The molecule has 0 saturated heterocycles. The normalized spacial score (nSPS) is 13.3. The van der Waals surface area contributed by atoms with Gasteiger partial charge in [0.05, 0.1) is 31.9 Å². The van der Waals surface area contributed by atoms with Crippen LogP contribution in [0.2, 0.25) is 0 Å². The van der Waals surface area contributed by atoms with Gasteiger partial charge in [-0.1, -0.05) is 42.5 Å². The van der Waals surface area contributed by atoms with Gasteiger partial charge in [-0.15, -0.1) is 0 Å². The van der Waals surface area contributed by atoms with E-state index >= 15 is 0 Å². The van der Waals surface area contributed by atoms with Gasteiger partial charge in [-0.25, -0.2) is 25.5 Å². The van der Waals surface area contributed by atoms with Gasteiger partial charge in [-0.05, 0) is 63.1 Å². The van der Waals surface area contributed by atoms with Gasteiger partial charge in [0, 0.05) is 29.3 Å². The fourth-order valence-electron chi connectivity index (χ4n) is 4.50. The van der Waals surface area contributed by atoms with Crippen LogP contribution in [0.15, 0.2) is 89.3 Å². The summed E-state index contributed by atoms with van der Waals surface area (Å²) in [6, 6.07) is 14.8. The Bertz CT molecular complexity index is 1800. The van der Waals surface area contributed by atoms with E-state index in [0.29, 0.717) is 22.0 Å². The monoisotopic (exact) mass is 583 g/mol. The fraction of sp³-hybridized carbons (Fsp3) is 0.214.